The van der Waals surface area contributed by atoms with Crippen molar-refractivity contribution in [3.05, 3.63) is 24.4 Å². The van der Waals surface area contributed by atoms with Crippen LogP contribution in [0.3, 0.4) is 0 Å². The number of aromatic nitrogens is 2. The van der Waals surface area contributed by atoms with Crippen molar-refractivity contribution in [3.63, 3.8) is 0 Å². The Balaban J connectivity index is 1.51. The Hall–Kier alpha value is -1.92. The summed E-state index contributed by atoms with van der Waals surface area (Å²) in [5.74, 6) is 1.70. The van der Waals surface area contributed by atoms with Crippen molar-refractivity contribution < 1.29 is 4.74 Å². The highest BCUT2D eigenvalue weighted by atomic mass is 16.5. The molecular weight excluding hydrogens is 314 g/mol. The molecule has 4 rings (SSSR count). The fraction of sp³-hybridized carbons (Fsp3) is 0.579. The number of anilines is 1. The predicted octanol–water partition coefficient (Wildman–Crippen LogP) is 1.95. The molecule has 0 amide bonds. The molecule has 1 aromatic heterocycles. The first-order chi connectivity index (χ1) is 12.3. The summed E-state index contributed by atoms with van der Waals surface area (Å²) in [4.78, 5) is 11.5. The van der Waals surface area contributed by atoms with Crippen molar-refractivity contribution >= 4 is 16.9 Å². The van der Waals surface area contributed by atoms with E-state index >= 15 is 0 Å². The van der Waals surface area contributed by atoms with E-state index < -0.39 is 0 Å². The first-order valence-corrected chi connectivity index (χ1v) is 9.42. The Morgan fingerprint density at radius 1 is 1.20 bits per heavy atom. The molecule has 2 aliphatic heterocycles. The van der Waals surface area contributed by atoms with Crippen LogP contribution in [0.1, 0.15) is 26.2 Å². The standard InChI is InChI=1S/C19H27N5O/c1-14(17-4-2-3-7-21-17)25-16-6-5-15-13-22-19(23-18(15)12-16)24-10-8-20-9-11-24/h5-6,12-14,17,20-21H,2-4,7-11H2,1H3. The van der Waals surface area contributed by atoms with Crippen molar-refractivity contribution in [1.82, 2.24) is 20.6 Å². The normalized spacial score (nSPS) is 22.8. The highest BCUT2D eigenvalue weighted by Gasteiger charge is 2.21. The van der Waals surface area contributed by atoms with Crippen LogP contribution in [0, 0.1) is 0 Å². The molecule has 2 N–H and O–H groups in total. The van der Waals surface area contributed by atoms with Gasteiger partial charge in [-0.05, 0) is 38.4 Å². The van der Waals surface area contributed by atoms with E-state index in [-0.39, 0.29) is 6.10 Å². The van der Waals surface area contributed by atoms with Crippen molar-refractivity contribution in [2.45, 2.75) is 38.3 Å². The van der Waals surface area contributed by atoms with Crippen LogP contribution in [-0.4, -0.2) is 54.8 Å². The van der Waals surface area contributed by atoms with Crippen molar-refractivity contribution in [1.29, 1.82) is 0 Å². The van der Waals surface area contributed by atoms with Crippen molar-refractivity contribution in [2.24, 2.45) is 0 Å². The van der Waals surface area contributed by atoms with Crippen LogP contribution in [0.4, 0.5) is 5.95 Å². The second-order valence-electron chi connectivity index (χ2n) is 7.01. The topological polar surface area (TPSA) is 62.3 Å². The summed E-state index contributed by atoms with van der Waals surface area (Å²) in [6.45, 7) is 7.11. The molecule has 0 saturated carbocycles. The number of rotatable bonds is 4. The molecule has 3 heterocycles. The molecule has 2 unspecified atom stereocenters. The molecule has 2 atom stereocenters. The molecule has 2 aliphatic rings. The molecule has 0 spiro atoms. The average Bonchev–Trinajstić information content (AvgIpc) is 2.69. The fourth-order valence-electron chi connectivity index (χ4n) is 3.66. The fourth-order valence-corrected chi connectivity index (χ4v) is 3.66. The van der Waals surface area contributed by atoms with Crippen molar-refractivity contribution in [3.8, 4) is 5.75 Å². The van der Waals surface area contributed by atoms with Crippen LogP contribution in [0.15, 0.2) is 24.4 Å². The number of hydrogen-bond acceptors (Lipinski definition) is 6. The van der Waals surface area contributed by atoms with Gasteiger partial charge in [0.25, 0.3) is 0 Å². The lowest BCUT2D eigenvalue weighted by Crippen LogP contribution is -2.44. The van der Waals surface area contributed by atoms with Crippen LogP contribution >= 0.6 is 0 Å². The minimum Gasteiger partial charge on any atom is -0.489 e. The smallest absolute Gasteiger partial charge is 0.225 e. The summed E-state index contributed by atoms with van der Waals surface area (Å²) >= 11 is 0. The molecule has 0 radical (unpaired) electrons. The average molecular weight is 341 g/mol. The lowest BCUT2D eigenvalue weighted by atomic mass is 10.0. The van der Waals surface area contributed by atoms with Crippen LogP contribution in [0.25, 0.3) is 10.9 Å². The minimum atomic E-state index is 0.159. The lowest BCUT2D eigenvalue weighted by Gasteiger charge is -2.29. The van der Waals surface area contributed by atoms with E-state index in [0.29, 0.717) is 6.04 Å². The molecule has 134 valence electrons. The van der Waals surface area contributed by atoms with Gasteiger partial charge in [-0.2, -0.15) is 0 Å². The number of piperazine rings is 1. The molecule has 6 heteroatoms. The second kappa shape index (κ2) is 7.54. The zero-order valence-electron chi connectivity index (χ0n) is 14.9. The zero-order chi connectivity index (χ0) is 17.1. The van der Waals surface area contributed by atoms with Gasteiger partial charge in [-0.25, -0.2) is 9.97 Å². The van der Waals surface area contributed by atoms with Gasteiger partial charge in [0, 0.05) is 49.9 Å². The number of nitrogens with one attached hydrogen (secondary N) is 2. The summed E-state index contributed by atoms with van der Waals surface area (Å²) in [6.07, 6.45) is 5.81. The number of nitrogens with zero attached hydrogens (tertiary/aromatic N) is 3. The molecule has 25 heavy (non-hydrogen) atoms. The van der Waals surface area contributed by atoms with Crippen LogP contribution in [-0.2, 0) is 0 Å². The molecule has 1 aromatic carbocycles. The molecular formula is C19H27N5O. The maximum atomic E-state index is 6.20. The summed E-state index contributed by atoms with van der Waals surface area (Å²) in [5.41, 5.74) is 0.949. The highest BCUT2D eigenvalue weighted by Crippen LogP contribution is 2.23. The minimum absolute atomic E-state index is 0.159. The summed E-state index contributed by atoms with van der Waals surface area (Å²) in [6, 6.07) is 6.55. The van der Waals surface area contributed by atoms with E-state index in [1.807, 2.05) is 24.4 Å². The number of fused-ring (bicyclic) bond motifs is 1. The van der Waals surface area contributed by atoms with Crippen molar-refractivity contribution in [2.75, 3.05) is 37.6 Å². The third-order valence-electron chi connectivity index (χ3n) is 5.18. The Bertz CT molecular complexity index is 710. The van der Waals surface area contributed by atoms with Gasteiger partial charge < -0.3 is 20.3 Å². The van der Waals surface area contributed by atoms with Crippen LogP contribution in [0.2, 0.25) is 0 Å². The lowest BCUT2D eigenvalue weighted by molar-refractivity contribution is 0.153. The maximum Gasteiger partial charge on any atom is 0.225 e. The maximum absolute atomic E-state index is 6.20. The highest BCUT2D eigenvalue weighted by molar-refractivity contribution is 5.80. The molecule has 0 bridgehead atoms. The molecule has 2 aromatic rings. The number of benzene rings is 1. The van der Waals surface area contributed by atoms with E-state index in [2.05, 4.69) is 27.4 Å². The third kappa shape index (κ3) is 3.85. The van der Waals surface area contributed by atoms with Gasteiger partial charge in [-0.1, -0.05) is 6.42 Å². The Morgan fingerprint density at radius 2 is 2.08 bits per heavy atom. The Labute approximate surface area is 149 Å². The van der Waals surface area contributed by atoms with E-state index in [1.54, 1.807) is 0 Å². The van der Waals surface area contributed by atoms with Gasteiger partial charge >= 0.3 is 0 Å². The second-order valence-corrected chi connectivity index (χ2v) is 7.01. The monoisotopic (exact) mass is 341 g/mol. The van der Waals surface area contributed by atoms with Gasteiger partial charge in [0.2, 0.25) is 5.95 Å². The predicted molar refractivity (Wildman–Crippen MR) is 100 cm³/mol. The molecule has 2 fully saturated rings. The van der Waals surface area contributed by atoms with E-state index in [0.717, 1.165) is 55.3 Å². The first-order valence-electron chi connectivity index (χ1n) is 9.42. The van der Waals surface area contributed by atoms with Gasteiger partial charge in [0.15, 0.2) is 0 Å². The van der Waals surface area contributed by atoms with Crippen LogP contribution in [0.5, 0.6) is 5.75 Å². The van der Waals surface area contributed by atoms with Gasteiger partial charge in [-0.3, -0.25) is 0 Å². The Kier molecular flexibility index (Phi) is 4.99. The number of ether oxygens (including phenoxy) is 1. The zero-order valence-corrected chi connectivity index (χ0v) is 14.9. The number of piperidine rings is 1. The van der Waals surface area contributed by atoms with Gasteiger partial charge in [0.1, 0.15) is 11.9 Å². The summed E-state index contributed by atoms with van der Waals surface area (Å²) in [7, 11) is 0. The van der Waals surface area contributed by atoms with E-state index in [9.17, 15) is 0 Å². The third-order valence-corrected chi connectivity index (χ3v) is 5.18. The largest absolute Gasteiger partial charge is 0.489 e. The van der Waals surface area contributed by atoms with Crippen LogP contribution < -0.4 is 20.3 Å². The summed E-state index contributed by atoms with van der Waals surface area (Å²) < 4.78 is 6.20. The molecule has 6 nitrogen and oxygen atoms in total. The molecule has 0 aliphatic carbocycles. The van der Waals surface area contributed by atoms with Gasteiger partial charge in [-0.15, -0.1) is 0 Å². The quantitative estimate of drug-likeness (QED) is 0.886. The molecule has 2 saturated heterocycles. The van der Waals surface area contributed by atoms with Gasteiger partial charge in [0.05, 0.1) is 5.52 Å². The van der Waals surface area contributed by atoms with E-state index in [4.69, 9.17) is 9.72 Å². The SMILES string of the molecule is CC(Oc1ccc2cnc(N3CCNCC3)nc2c1)C1CCCCN1. The number of hydrogen-bond donors (Lipinski definition) is 2. The van der Waals surface area contributed by atoms with E-state index in [1.165, 1.54) is 19.3 Å². The Morgan fingerprint density at radius 3 is 2.88 bits per heavy atom. The first kappa shape index (κ1) is 16.5. The summed E-state index contributed by atoms with van der Waals surface area (Å²) in [5, 5.41) is 7.98.